The van der Waals surface area contributed by atoms with E-state index in [1.54, 1.807) is 0 Å². The zero-order valence-electron chi connectivity index (χ0n) is 16.1. The maximum absolute atomic E-state index is 13.6. The van der Waals surface area contributed by atoms with Crippen molar-refractivity contribution < 1.29 is 31.9 Å². The number of benzene rings is 2. The number of methoxy groups -OCH3 is 1. The van der Waals surface area contributed by atoms with Gasteiger partial charge >= 0.3 is 12.2 Å². The number of carbonyl (C=O) groups excluding carboxylic acids is 2. The van der Waals surface area contributed by atoms with Crippen LogP contribution in [0.25, 0.3) is 0 Å². The van der Waals surface area contributed by atoms with Crippen LogP contribution in [0.2, 0.25) is 0 Å². The summed E-state index contributed by atoms with van der Waals surface area (Å²) in [6.45, 7) is 0.308. The van der Waals surface area contributed by atoms with E-state index in [1.165, 1.54) is 42.3 Å². The van der Waals surface area contributed by atoms with Gasteiger partial charge in [0.2, 0.25) is 0 Å². The lowest BCUT2D eigenvalue weighted by Gasteiger charge is -2.32. The first-order chi connectivity index (χ1) is 14.2. The van der Waals surface area contributed by atoms with Crippen LogP contribution in [0.1, 0.15) is 28.8 Å². The second kappa shape index (κ2) is 8.73. The van der Waals surface area contributed by atoms with Crippen LogP contribution in [-0.4, -0.2) is 36.9 Å². The summed E-state index contributed by atoms with van der Waals surface area (Å²) in [6.07, 6.45) is -3.65. The van der Waals surface area contributed by atoms with E-state index in [4.69, 9.17) is 4.74 Å². The first kappa shape index (κ1) is 21.6. The molecule has 3 rings (SSSR count). The van der Waals surface area contributed by atoms with Gasteiger partial charge in [0.1, 0.15) is 11.6 Å². The summed E-state index contributed by atoms with van der Waals surface area (Å²) >= 11 is 0. The van der Waals surface area contributed by atoms with Crippen LogP contribution in [0, 0.1) is 11.7 Å². The molecule has 1 saturated heterocycles. The predicted molar refractivity (Wildman–Crippen MR) is 102 cm³/mol. The Morgan fingerprint density at radius 1 is 1.17 bits per heavy atom. The van der Waals surface area contributed by atoms with E-state index in [9.17, 15) is 27.2 Å². The highest BCUT2D eigenvalue weighted by molar-refractivity contribution is 6.01. The molecule has 1 N–H and O–H groups in total. The zero-order valence-corrected chi connectivity index (χ0v) is 16.1. The largest absolute Gasteiger partial charge is 0.496 e. The Morgan fingerprint density at radius 2 is 1.90 bits per heavy atom. The number of ether oxygens (including phenoxy) is 1. The van der Waals surface area contributed by atoms with Crippen molar-refractivity contribution in [1.82, 2.24) is 4.90 Å². The molecule has 0 aliphatic carbocycles. The summed E-state index contributed by atoms with van der Waals surface area (Å²) in [5.74, 6) is -1.35. The van der Waals surface area contributed by atoms with Crippen LogP contribution in [0.15, 0.2) is 42.5 Å². The monoisotopic (exact) mass is 424 g/mol. The van der Waals surface area contributed by atoms with E-state index >= 15 is 0 Å². The molecule has 2 aromatic carbocycles. The van der Waals surface area contributed by atoms with Crippen LogP contribution in [0.3, 0.4) is 0 Å². The Kier molecular flexibility index (Phi) is 6.28. The number of alkyl halides is 3. The lowest BCUT2D eigenvalue weighted by atomic mass is 9.89. The minimum atomic E-state index is -4.61. The van der Waals surface area contributed by atoms with Crippen molar-refractivity contribution in [2.75, 3.05) is 25.5 Å². The SMILES string of the molecule is COc1ccc(F)cc1C(=O)[C@@H]1CCCN(C(=O)Nc2ccccc2C(F)(F)F)C1. The Hall–Kier alpha value is -3.10. The van der Waals surface area contributed by atoms with Crippen LogP contribution < -0.4 is 10.1 Å². The number of likely N-dealkylation sites (tertiary alicyclic amines) is 1. The molecule has 0 spiro atoms. The number of hydrogen-bond donors (Lipinski definition) is 1. The van der Waals surface area contributed by atoms with E-state index in [2.05, 4.69) is 5.32 Å². The average molecular weight is 424 g/mol. The van der Waals surface area contributed by atoms with E-state index < -0.39 is 29.5 Å². The molecule has 0 bridgehead atoms. The molecule has 0 saturated carbocycles. The Morgan fingerprint density at radius 3 is 2.60 bits per heavy atom. The highest BCUT2D eigenvalue weighted by Crippen LogP contribution is 2.35. The zero-order chi connectivity index (χ0) is 21.9. The number of rotatable bonds is 4. The fourth-order valence-electron chi connectivity index (χ4n) is 3.50. The molecule has 0 unspecified atom stereocenters. The molecule has 0 aromatic heterocycles. The standard InChI is InChI=1S/C21H20F4N2O3/c1-30-18-9-8-14(22)11-15(18)19(28)13-5-4-10-27(12-13)20(29)26-17-7-3-2-6-16(17)21(23,24)25/h2-3,6-9,11,13H,4-5,10,12H2,1H3,(H,26,29)/t13-/m1/s1. The number of amides is 2. The summed E-state index contributed by atoms with van der Waals surface area (Å²) in [5.41, 5.74) is -1.23. The van der Waals surface area contributed by atoms with E-state index in [1.807, 2.05) is 0 Å². The van der Waals surface area contributed by atoms with Gasteiger partial charge in [0.25, 0.3) is 0 Å². The smallest absolute Gasteiger partial charge is 0.418 e. The van der Waals surface area contributed by atoms with Crippen molar-refractivity contribution in [2.24, 2.45) is 5.92 Å². The minimum Gasteiger partial charge on any atom is -0.496 e. The molecular weight excluding hydrogens is 404 g/mol. The molecule has 1 atom stereocenters. The van der Waals surface area contributed by atoms with Gasteiger partial charge in [0, 0.05) is 19.0 Å². The quantitative estimate of drug-likeness (QED) is 0.556. The number of piperidine rings is 1. The molecule has 1 heterocycles. The maximum atomic E-state index is 13.6. The number of anilines is 1. The van der Waals surface area contributed by atoms with Gasteiger partial charge in [-0.25, -0.2) is 9.18 Å². The average Bonchev–Trinajstić information content (AvgIpc) is 2.73. The van der Waals surface area contributed by atoms with Gasteiger partial charge in [-0.05, 0) is 43.2 Å². The molecule has 1 aliphatic rings. The van der Waals surface area contributed by atoms with Crippen molar-refractivity contribution in [3.05, 3.63) is 59.4 Å². The topological polar surface area (TPSA) is 58.6 Å². The third-order valence-electron chi connectivity index (χ3n) is 4.98. The molecule has 1 aliphatic heterocycles. The number of para-hydroxylation sites is 1. The molecule has 160 valence electrons. The third kappa shape index (κ3) is 4.72. The minimum absolute atomic E-state index is 0.0124. The molecule has 30 heavy (non-hydrogen) atoms. The lowest BCUT2D eigenvalue weighted by molar-refractivity contribution is -0.136. The number of urea groups is 1. The van der Waals surface area contributed by atoms with Crippen LogP contribution in [-0.2, 0) is 6.18 Å². The highest BCUT2D eigenvalue weighted by atomic mass is 19.4. The second-order valence-electron chi connectivity index (χ2n) is 6.97. The Labute approximate surface area is 170 Å². The third-order valence-corrected chi connectivity index (χ3v) is 4.98. The fraction of sp³-hybridized carbons (Fsp3) is 0.333. The summed E-state index contributed by atoms with van der Waals surface area (Å²) in [5, 5.41) is 2.29. The Balaban J connectivity index is 1.75. The normalized spacial score (nSPS) is 16.8. The second-order valence-corrected chi connectivity index (χ2v) is 6.97. The lowest BCUT2D eigenvalue weighted by Crippen LogP contribution is -2.44. The summed E-state index contributed by atoms with van der Waals surface area (Å²) in [4.78, 5) is 26.8. The summed E-state index contributed by atoms with van der Waals surface area (Å²) in [7, 11) is 1.36. The Bertz CT molecular complexity index is 946. The van der Waals surface area contributed by atoms with Crippen molar-refractivity contribution in [3.63, 3.8) is 0 Å². The number of halogens is 4. The highest BCUT2D eigenvalue weighted by Gasteiger charge is 2.35. The van der Waals surface area contributed by atoms with Gasteiger partial charge in [-0.1, -0.05) is 12.1 Å². The van der Waals surface area contributed by atoms with Crippen molar-refractivity contribution in [3.8, 4) is 5.75 Å². The maximum Gasteiger partial charge on any atom is 0.418 e. The molecule has 5 nitrogen and oxygen atoms in total. The molecule has 2 amide bonds. The molecule has 2 aromatic rings. The summed E-state index contributed by atoms with van der Waals surface area (Å²) < 4.78 is 58.2. The van der Waals surface area contributed by atoms with Crippen LogP contribution in [0.5, 0.6) is 5.75 Å². The number of hydrogen-bond acceptors (Lipinski definition) is 3. The summed E-state index contributed by atoms with van der Waals surface area (Å²) in [6, 6.07) is 7.57. The first-order valence-corrected chi connectivity index (χ1v) is 9.30. The number of carbonyl (C=O) groups is 2. The molecule has 0 radical (unpaired) electrons. The molecule has 1 fully saturated rings. The van der Waals surface area contributed by atoms with E-state index in [0.717, 1.165) is 12.1 Å². The van der Waals surface area contributed by atoms with Gasteiger partial charge in [-0.3, -0.25) is 4.79 Å². The van der Waals surface area contributed by atoms with Gasteiger partial charge in [0.05, 0.1) is 23.9 Å². The molecular formula is C21H20F4N2O3. The van der Waals surface area contributed by atoms with Gasteiger partial charge in [0.15, 0.2) is 5.78 Å². The van der Waals surface area contributed by atoms with Crippen molar-refractivity contribution in [2.45, 2.75) is 19.0 Å². The van der Waals surface area contributed by atoms with Gasteiger partial charge < -0.3 is 15.0 Å². The number of nitrogens with zero attached hydrogens (tertiary/aromatic N) is 1. The number of ketones is 1. The van der Waals surface area contributed by atoms with E-state index in [-0.39, 0.29) is 29.3 Å². The number of Topliss-reactive ketones (excluding diaryl/α,β-unsaturated/α-hetero) is 1. The van der Waals surface area contributed by atoms with Crippen molar-refractivity contribution >= 4 is 17.5 Å². The fourth-order valence-corrected chi connectivity index (χ4v) is 3.50. The molecule has 9 heteroatoms. The van der Waals surface area contributed by atoms with Crippen LogP contribution >= 0.6 is 0 Å². The first-order valence-electron chi connectivity index (χ1n) is 9.30. The van der Waals surface area contributed by atoms with E-state index in [0.29, 0.717) is 19.4 Å². The van der Waals surface area contributed by atoms with Gasteiger partial charge in [-0.15, -0.1) is 0 Å². The predicted octanol–water partition coefficient (Wildman–Crippen LogP) is 4.98. The number of nitrogens with one attached hydrogen (secondary N) is 1. The van der Waals surface area contributed by atoms with Crippen molar-refractivity contribution in [1.29, 1.82) is 0 Å². The van der Waals surface area contributed by atoms with Gasteiger partial charge in [-0.2, -0.15) is 13.2 Å². The van der Waals surface area contributed by atoms with Crippen LogP contribution in [0.4, 0.5) is 28.0 Å².